The van der Waals surface area contributed by atoms with Gasteiger partial charge in [-0.1, -0.05) is 18.2 Å². The standard InChI is InChI=1S/C14H13FN2O/c15-12-5-3-4-11(8-12)9-14(18)17-10-13-6-1-2-7-16-13/h1-8H,9-10H2,(H,17,18). The van der Waals surface area contributed by atoms with Gasteiger partial charge in [-0.3, -0.25) is 9.78 Å². The number of rotatable bonds is 4. The van der Waals surface area contributed by atoms with Gasteiger partial charge in [0, 0.05) is 6.20 Å². The molecule has 4 heteroatoms. The Morgan fingerprint density at radius 1 is 1.22 bits per heavy atom. The number of nitrogens with zero attached hydrogens (tertiary/aromatic N) is 1. The fourth-order valence-electron chi connectivity index (χ4n) is 1.59. The van der Waals surface area contributed by atoms with E-state index in [9.17, 15) is 9.18 Å². The molecule has 0 bridgehead atoms. The number of amides is 1. The molecule has 1 aromatic carbocycles. The molecular formula is C14H13FN2O. The van der Waals surface area contributed by atoms with Gasteiger partial charge in [0.1, 0.15) is 5.82 Å². The van der Waals surface area contributed by atoms with Crippen LogP contribution < -0.4 is 5.32 Å². The first-order valence-corrected chi connectivity index (χ1v) is 5.65. The highest BCUT2D eigenvalue weighted by Crippen LogP contribution is 2.04. The predicted molar refractivity (Wildman–Crippen MR) is 66.2 cm³/mol. The molecule has 0 spiro atoms. The van der Waals surface area contributed by atoms with Crippen LogP contribution in [0.15, 0.2) is 48.7 Å². The summed E-state index contributed by atoms with van der Waals surface area (Å²) in [5.74, 6) is -0.476. The molecule has 1 N–H and O–H groups in total. The van der Waals surface area contributed by atoms with Gasteiger partial charge < -0.3 is 5.32 Å². The maximum Gasteiger partial charge on any atom is 0.224 e. The van der Waals surface area contributed by atoms with Crippen molar-refractivity contribution in [3.63, 3.8) is 0 Å². The van der Waals surface area contributed by atoms with Crippen LogP contribution in [0.1, 0.15) is 11.3 Å². The molecule has 92 valence electrons. The zero-order valence-corrected chi connectivity index (χ0v) is 9.77. The Morgan fingerprint density at radius 3 is 2.83 bits per heavy atom. The molecular weight excluding hydrogens is 231 g/mol. The average molecular weight is 244 g/mol. The molecule has 0 saturated heterocycles. The molecule has 1 aromatic heterocycles. The van der Waals surface area contributed by atoms with Crippen LogP contribution in [0.2, 0.25) is 0 Å². The van der Waals surface area contributed by atoms with Gasteiger partial charge in [0.25, 0.3) is 0 Å². The first-order valence-electron chi connectivity index (χ1n) is 5.65. The maximum absolute atomic E-state index is 12.9. The second-order valence-corrected chi connectivity index (χ2v) is 3.90. The monoisotopic (exact) mass is 244 g/mol. The van der Waals surface area contributed by atoms with E-state index in [0.717, 1.165) is 5.69 Å². The summed E-state index contributed by atoms with van der Waals surface area (Å²) in [5, 5.41) is 2.74. The van der Waals surface area contributed by atoms with Crippen molar-refractivity contribution in [2.24, 2.45) is 0 Å². The first-order chi connectivity index (χ1) is 8.74. The summed E-state index contributed by atoms with van der Waals surface area (Å²) in [6.45, 7) is 0.384. The fourth-order valence-corrected chi connectivity index (χ4v) is 1.59. The highest BCUT2D eigenvalue weighted by molar-refractivity contribution is 5.78. The summed E-state index contributed by atoms with van der Waals surface area (Å²) in [5.41, 5.74) is 1.46. The van der Waals surface area contributed by atoms with Gasteiger partial charge in [-0.15, -0.1) is 0 Å². The number of hydrogen-bond acceptors (Lipinski definition) is 2. The molecule has 0 aliphatic heterocycles. The molecule has 3 nitrogen and oxygen atoms in total. The first kappa shape index (κ1) is 12.2. The SMILES string of the molecule is O=C(Cc1cccc(F)c1)NCc1ccccn1. The third kappa shape index (κ3) is 3.66. The third-order valence-electron chi connectivity index (χ3n) is 2.45. The summed E-state index contributed by atoms with van der Waals surface area (Å²) in [6.07, 6.45) is 1.85. The van der Waals surface area contributed by atoms with E-state index in [2.05, 4.69) is 10.3 Å². The summed E-state index contributed by atoms with van der Waals surface area (Å²) in [4.78, 5) is 15.7. The predicted octanol–water partition coefficient (Wildman–Crippen LogP) is 2.08. The van der Waals surface area contributed by atoms with Crippen molar-refractivity contribution >= 4 is 5.91 Å². The fraction of sp³-hybridized carbons (Fsp3) is 0.143. The van der Waals surface area contributed by atoms with Gasteiger partial charge in [-0.2, -0.15) is 0 Å². The number of hydrogen-bond donors (Lipinski definition) is 1. The molecule has 0 aliphatic rings. The van der Waals surface area contributed by atoms with Gasteiger partial charge in [0.05, 0.1) is 18.7 Å². The number of carbonyl (C=O) groups is 1. The molecule has 2 rings (SSSR count). The van der Waals surface area contributed by atoms with Crippen LogP contribution in [0.5, 0.6) is 0 Å². The Morgan fingerprint density at radius 2 is 2.11 bits per heavy atom. The Labute approximate surface area is 105 Å². The van der Waals surface area contributed by atoms with E-state index in [1.165, 1.54) is 12.1 Å². The van der Waals surface area contributed by atoms with Gasteiger partial charge >= 0.3 is 0 Å². The lowest BCUT2D eigenvalue weighted by atomic mass is 10.1. The van der Waals surface area contributed by atoms with Crippen molar-refractivity contribution < 1.29 is 9.18 Å². The number of aromatic nitrogens is 1. The van der Waals surface area contributed by atoms with Gasteiger partial charge in [0.2, 0.25) is 5.91 Å². The van der Waals surface area contributed by atoms with E-state index in [-0.39, 0.29) is 18.1 Å². The lowest BCUT2D eigenvalue weighted by Gasteiger charge is -2.04. The summed E-state index contributed by atoms with van der Waals surface area (Å²) < 4.78 is 12.9. The summed E-state index contributed by atoms with van der Waals surface area (Å²) in [7, 11) is 0. The quantitative estimate of drug-likeness (QED) is 0.894. The molecule has 0 saturated carbocycles. The summed E-state index contributed by atoms with van der Waals surface area (Å²) >= 11 is 0. The van der Waals surface area contributed by atoms with E-state index >= 15 is 0 Å². The molecule has 0 aliphatic carbocycles. The second-order valence-electron chi connectivity index (χ2n) is 3.90. The van der Waals surface area contributed by atoms with Crippen molar-refractivity contribution in [3.8, 4) is 0 Å². The van der Waals surface area contributed by atoms with Crippen LogP contribution >= 0.6 is 0 Å². The van der Waals surface area contributed by atoms with Crippen molar-refractivity contribution in [2.75, 3.05) is 0 Å². The third-order valence-corrected chi connectivity index (χ3v) is 2.45. The van der Waals surface area contributed by atoms with Crippen LogP contribution in [-0.4, -0.2) is 10.9 Å². The number of carbonyl (C=O) groups excluding carboxylic acids is 1. The van der Waals surface area contributed by atoms with Crippen molar-refractivity contribution in [2.45, 2.75) is 13.0 Å². The van der Waals surface area contributed by atoms with Crippen LogP contribution in [0, 0.1) is 5.82 Å². The van der Waals surface area contributed by atoms with E-state index in [1.54, 1.807) is 18.3 Å². The molecule has 1 heterocycles. The van der Waals surface area contributed by atoms with Gasteiger partial charge in [-0.05, 0) is 29.8 Å². The van der Waals surface area contributed by atoms with Gasteiger partial charge in [-0.25, -0.2) is 4.39 Å². The number of pyridine rings is 1. The molecule has 18 heavy (non-hydrogen) atoms. The largest absolute Gasteiger partial charge is 0.350 e. The van der Waals surface area contributed by atoms with E-state index < -0.39 is 0 Å². The van der Waals surface area contributed by atoms with Gasteiger partial charge in [0.15, 0.2) is 0 Å². The van der Waals surface area contributed by atoms with Crippen LogP contribution in [0.3, 0.4) is 0 Å². The lowest BCUT2D eigenvalue weighted by Crippen LogP contribution is -2.24. The minimum Gasteiger partial charge on any atom is -0.350 e. The zero-order valence-electron chi connectivity index (χ0n) is 9.77. The summed E-state index contributed by atoms with van der Waals surface area (Å²) in [6, 6.07) is 11.6. The molecule has 0 radical (unpaired) electrons. The number of halogens is 1. The number of benzene rings is 1. The maximum atomic E-state index is 12.9. The average Bonchev–Trinajstić information content (AvgIpc) is 2.38. The van der Waals surface area contributed by atoms with E-state index in [4.69, 9.17) is 0 Å². The highest BCUT2D eigenvalue weighted by atomic mass is 19.1. The molecule has 1 amide bonds. The Balaban J connectivity index is 1.86. The topological polar surface area (TPSA) is 42.0 Å². The highest BCUT2D eigenvalue weighted by Gasteiger charge is 2.04. The zero-order chi connectivity index (χ0) is 12.8. The number of nitrogens with one attached hydrogen (secondary N) is 1. The van der Waals surface area contributed by atoms with Crippen LogP contribution in [-0.2, 0) is 17.8 Å². The molecule has 0 unspecified atom stereocenters. The van der Waals surface area contributed by atoms with E-state index in [0.29, 0.717) is 12.1 Å². The normalized spacial score (nSPS) is 10.1. The molecule has 0 atom stereocenters. The lowest BCUT2D eigenvalue weighted by molar-refractivity contribution is -0.120. The van der Waals surface area contributed by atoms with Crippen molar-refractivity contribution in [3.05, 3.63) is 65.7 Å². The molecule has 2 aromatic rings. The van der Waals surface area contributed by atoms with Crippen LogP contribution in [0.25, 0.3) is 0 Å². The van der Waals surface area contributed by atoms with E-state index in [1.807, 2.05) is 18.2 Å². The minimum atomic E-state index is -0.329. The van der Waals surface area contributed by atoms with Crippen LogP contribution in [0.4, 0.5) is 4.39 Å². The van der Waals surface area contributed by atoms with Crippen molar-refractivity contribution in [1.29, 1.82) is 0 Å². The second kappa shape index (κ2) is 5.91. The molecule has 0 fully saturated rings. The Kier molecular flexibility index (Phi) is 4.02. The Hall–Kier alpha value is -2.23. The van der Waals surface area contributed by atoms with Crippen molar-refractivity contribution in [1.82, 2.24) is 10.3 Å². The Bertz CT molecular complexity index is 528. The minimum absolute atomic E-state index is 0.147. The smallest absolute Gasteiger partial charge is 0.224 e.